The number of rotatable bonds is 3. The summed E-state index contributed by atoms with van der Waals surface area (Å²) in [5.41, 5.74) is 6.24. The number of fused-ring (bicyclic) bond motifs is 3. The quantitative estimate of drug-likeness (QED) is 0.217. The van der Waals surface area contributed by atoms with E-state index in [4.69, 9.17) is 0 Å². The van der Waals surface area contributed by atoms with Gasteiger partial charge < -0.3 is 4.90 Å². The highest BCUT2D eigenvalue weighted by molar-refractivity contribution is 7.26. The van der Waals surface area contributed by atoms with Crippen molar-refractivity contribution in [2.75, 3.05) is 4.90 Å². The highest BCUT2D eigenvalue weighted by atomic mass is 32.1. The van der Waals surface area contributed by atoms with Gasteiger partial charge in [-0.3, -0.25) is 0 Å². The van der Waals surface area contributed by atoms with Crippen LogP contribution in [-0.4, -0.2) is 0 Å². The van der Waals surface area contributed by atoms with Crippen LogP contribution in [0.1, 0.15) is 11.1 Å². The molecule has 1 nitrogen and oxygen atoms in total. The Balaban J connectivity index is 1.53. The predicted molar refractivity (Wildman–Crippen MR) is 167 cm³/mol. The maximum Gasteiger partial charge on any atom is 0.0640 e. The highest BCUT2D eigenvalue weighted by Gasteiger charge is 2.22. The van der Waals surface area contributed by atoms with E-state index in [1.165, 1.54) is 80.7 Å². The topological polar surface area (TPSA) is 3.24 Å². The van der Waals surface area contributed by atoms with Gasteiger partial charge in [-0.2, -0.15) is 0 Å². The van der Waals surface area contributed by atoms with Gasteiger partial charge in [0.15, 0.2) is 0 Å². The Labute approximate surface area is 225 Å². The van der Waals surface area contributed by atoms with E-state index in [1.807, 2.05) is 11.3 Å². The van der Waals surface area contributed by atoms with E-state index in [0.717, 1.165) is 0 Å². The van der Waals surface area contributed by atoms with E-state index in [2.05, 4.69) is 134 Å². The molecule has 0 fully saturated rings. The largest absolute Gasteiger partial charge is 0.308 e. The third kappa shape index (κ3) is 2.98. The van der Waals surface area contributed by atoms with Gasteiger partial charge in [0.05, 0.1) is 16.1 Å². The second-order valence-corrected chi connectivity index (χ2v) is 11.3. The Morgan fingerprint density at radius 3 is 2.11 bits per heavy atom. The van der Waals surface area contributed by atoms with E-state index < -0.39 is 0 Å². The first-order valence-electron chi connectivity index (χ1n) is 13.1. The predicted octanol–water partition coefficient (Wildman–Crippen LogP) is 11.0. The summed E-state index contributed by atoms with van der Waals surface area (Å²) in [6, 6.07) is 42.5. The Bertz CT molecular complexity index is 2150. The molecule has 8 aromatic rings. The molecule has 0 bridgehead atoms. The lowest BCUT2D eigenvalue weighted by atomic mass is 9.89. The molecule has 0 atom stereocenters. The van der Waals surface area contributed by atoms with Gasteiger partial charge in [0.25, 0.3) is 0 Å². The van der Waals surface area contributed by atoms with Gasteiger partial charge in [0.1, 0.15) is 0 Å². The van der Waals surface area contributed by atoms with Crippen LogP contribution in [0.3, 0.4) is 0 Å². The molecule has 7 aromatic carbocycles. The fraction of sp³-hybridized carbons (Fsp3) is 0.0556. The van der Waals surface area contributed by atoms with Crippen LogP contribution in [0.4, 0.5) is 17.1 Å². The average molecular weight is 504 g/mol. The van der Waals surface area contributed by atoms with Crippen LogP contribution in [0.15, 0.2) is 115 Å². The van der Waals surface area contributed by atoms with E-state index in [-0.39, 0.29) is 0 Å². The molecule has 0 aliphatic carbocycles. The van der Waals surface area contributed by atoms with E-state index in [9.17, 15) is 0 Å². The lowest BCUT2D eigenvalue weighted by Crippen LogP contribution is -2.11. The van der Waals surface area contributed by atoms with Crippen LogP contribution in [-0.2, 0) is 0 Å². The number of hydrogen-bond acceptors (Lipinski definition) is 2. The molecule has 38 heavy (non-hydrogen) atoms. The monoisotopic (exact) mass is 503 g/mol. The Morgan fingerprint density at radius 2 is 1.21 bits per heavy atom. The third-order valence-electron chi connectivity index (χ3n) is 8.06. The van der Waals surface area contributed by atoms with Crippen molar-refractivity contribution in [3.05, 3.63) is 126 Å². The van der Waals surface area contributed by atoms with E-state index in [0.29, 0.717) is 0 Å². The first-order valence-corrected chi connectivity index (χ1v) is 13.9. The maximum absolute atomic E-state index is 2.48. The standard InChI is InChI=1S/C36H25NS/c1-22-15-16-24-17-18-27-23(2)21-32(30-20-19-26(22)34(24)35(27)30)37(25-9-4-3-5-10-25)31-13-8-12-29-28-11-6-7-14-33(28)38-36(29)31/h3-21H,1-2H3. The van der Waals surface area contributed by atoms with Crippen molar-refractivity contribution in [1.29, 1.82) is 0 Å². The van der Waals surface area contributed by atoms with Gasteiger partial charge in [-0.15, -0.1) is 11.3 Å². The summed E-state index contributed by atoms with van der Waals surface area (Å²) >= 11 is 1.88. The number of aryl methyl sites for hydroxylation is 2. The Morgan fingerprint density at radius 1 is 0.500 bits per heavy atom. The van der Waals surface area contributed by atoms with Gasteiger partial charge in [0, 0.05) is 26.5 Å². The highest BCUT2D eigenvalue weighted by Crippen LogP contribution is 2.48. The first kappa shape index (κ1) is 21.7. The first-order chi connectivity index (χ1) is 18.7. The van der Waals surface area contributed by atoms with Crippen LogP contribution >= 0.6 is 11.3 Å². The second-order valence-electron chi connectivity index (χ2n) is 10.3. The van der Waals surface area contributed by atoms with Crippen molar-refractivity contribution >= 4 is 80.9 Å². The van der Waals surface area contributed by atoms with Crippen LogP contribution in [0.5, 0.6) is 0 Å². The summed E-state index contributed by atoms with van der Waals surface area (Å²) in [6.45, 7) is 4.48. The summed E-state index contributed by atoms with van der Waals surface area (Å²) < 4.78 is 2.64. The lowest BCUT2D eigenvalue weighted by Gasteiger charge is -2.29. The molecule has 0 spiro atoms. The SMILES string of the molecule is Cc1ccc2ccc3c(C)cc(N(c4ccccc4)c4cccc5c4sc4ccccc45)c4ccc1c2c34. The van der Waals surface area contributed by atoms with Crippen LogP contribution in [0, 0.1) is 13.8 Å². The molecular weight excluding hydrogens is 478 g/mol. The Hall–Kier alpha value is -4.40. The van der Waals surface area contributed by atoms with Gasteiger partial charge >= 0.3 is 0 Å². The lowest BCUT2D eigenvalue weighted by molar-refractivity contribution is 1.31. The number of anilines is 3. The normalized spacial score (nSPS) is 11.9. The maximum atomic E-state index is 2.48. The smallest absolute Gasteiger partial charge is 0.0640 e. The van der Waals surface area contributed by atoms with E-state index in [1.54, 1.807) is 0 Å². The van der Waals surface area contributed by atoms with Gasteiger partial charge in [0.2, 0.25) is 0 Å². The fourth-order valence-corrected chi connectivity index (χ4v) is 7.48. The van der Waals surface area contributed by atoms with Crippen molar-refractivity contribution < 1.29 is 0 Å². The van der Waals surface area contributed by atoms with Gasteiger partial charge in [-0.05, 0) is 82.2 Å². The zero-order chi connectivity index (χ0) is 25.4. The van der Waals surface area contributed by atoms with Crippen LogP contribution in [0.25, 0.3) is 52.5 Å². The molecule has 0 aliphatic rings. The number of thiophene rings is 1. The van der Waals surface area contributed by atoms with Crippen molar-refractivity contribution in [2.45, 2.75) is 13.8 Å². The molecule has 2 heteroatoms. The number of para-hydroxylation sites is 1. The minimum absolute atomic E-state index is 1.17. The fourth-order valence-electron chi connectivity index (χ4n) is 6.28. The summed E-state index contributed by atoms with van der Waals surface area (Å²) in [4.78, 5) is 2.48. The minimum Gasteiger partial charge on any atom is -0.308 e. The summed E-state index contributed by atoms with van der Waals surface area (Å²) in [6.07, 6.45) is 0. The molecule has 0 unspecified atom stereocenters. The molecule has 1 aromatic heterocycles. The summed E-state index contributed by atoms with van der Waals surface area (Å²) in [5.74, 6) is 0. The number of nitrogens with zero attached hydrogens (tertiary/aromatic N) is 1. The van der Waals surface area contributed by atoms with Gasteiger partial charge in [-0.25, -0.2) is 0 Å². The molecule has 1 heterocycles. The number of hydrogen-bond donors (Lipinski definition) is 0. The van der Waals surface area contributed by atoms with Crippen molar-refractivity contribution in [3.63, 3.8) is 0 Å². The molecule has 180 valence electrons. The van der Waals surface area contributed by atoms with Crippen molar-refractivity contribution in [2.24, 2.45) is 0 Å². The molecule has 0 saturated carbocycles. The third-order valence-corrected chi connectivity index (χ3v) is 9.27. The summed E-state index contributed by atoms with van der Waals surface area (Å²) in [5, 5.41) is 10.6. The molecule has 0 aliphatic heterocycles. The van der Waals surface area contributed by atoms with E-state index >= 15 is 0 Å². The molecule has 8 rings (SSSR count). The zero-order valence-corrected chi connectivity index (χ0v) is 22.1. The molecule has 0 radical (unpaired) electrons. The average Bonchev–Trinajstić information content (AvgIpc) is 3.34. The molecule has 0 saturated heterocycles. The Kier molecular flexibility index (Phi) is 4.59. The van der Waals surface area contributed by atoms with Gasteiger partial charge in [-0.1, -0.05) is 84.9 Å². The summed E-state index contributed by atoms with van der Waals surface area (Å²) in [7, 11) is 0. The van der Waals surface area contributed by atoms with Crippen LogP contribution in [0.2, 0.25) is 0 Å². The molecular formula is C36H25NS. The minimum atomic E-state index is 1.17. The van der Waals surface area contributed by atoms with Crippen molar-refractivity contribution in [1.82, 2.24) is 0 Å². The number of benzene rings is 7. The molecule has 0 amide bonds. The van der Waals surface area contributed by atoms with Crippen LogP contribution < -0.4 is 4.90 Å². The van der Waals surface area contributed by atoms with Crippen molar-refractivity contribution in [3.8, 4) is 0 Å². The molecule has 0 N–H and O–H groups in total. The second kappa shape index (κ2) is 8.05. The zero-order valence-electron chi connectivity index (χ0n) is 21.3.